The van der Waals surface area contributed by atoms with Crippen LogP contribution in [0.25, 0.3) is 0 Å². The molecule has 4 unspecified atom stereocenters. The lowest BCUT2D eigenvalue weighted by atomic mass is 9.71. The third-order valence-corrected chi connectivity index (χ3v) is 9.20. The highest BCUT2D eigenvalue weighted by molar-refractivity contribution is 7.80. The van der Waals surface area contributed by atoms with E-state index in [1.807, 2.05) is 13.0 Å². The average Bonchev–Trinajstić information content (AvgIpc) is 3.35. The molecule has 3 aliphatic rings. The Morgan fingerprint density at radius 1 is 0.732 bits per heavy atom. The highest BCUT2D eigenvalue weighted by Crippen LogP contribution is 2.44. The Balaban J connectivity index is 1.52. The van der Waals surface area contributed by atoms with Crippen LogP contribution in [0.1, 0.15) is 124 Å². The fraction of sp³-hybridized carbons (Fsp3) is 0.742. The fourth-order valence-corrected chi connectivity index (χ4v) is 6.74. The van der Waals surface area contributed by atoms with Gasteiger partial charge in [0, 0.05) is 6.42 Å². The predicted molar refractivity (Wildman–Crippen MR) is 168 cm³/mol. The van der Waals surface area contributed by atoms with E-state index in [0.717, 1.165) is 54.1 Å². The molecule has 10 heteroatoms. The zero-order valence-electron chi connectivity index (χ0n) is 25.0. The van der Waals surface area contributed by atoms with Gasteiger partial charge in [-0.3, -0.25) is 30.0 Å². The second-order valence-electron chi connectivity index (χ2n) is 11.9. The van der Waals surface area contributed by atoms with Crippen LogP contribution in [0.15, 0.2) is 11.6 Å². The first-order valence-corrected chi connectivity index (χ1v) is 16.5. The Morgan fingerprint density at radius 2 is 1.22 bits per heavy atom. The largest absolute Gasteiger partial charge is 0.282 e. The first-order chi connectivity index (χ1) is 19.7. The van der Waals surface area contributed by atoms with E-state index in [0.29, 0.717) is 29.2 Å². The van der Waals surface area contributed by atoms with Crippen molar-refractivity contribution in [2.24, 2.45) is 23.7 Å². The number of hydrazine groups is 2. The minimum absolute atomic E-state index is 0.0593. The van der Waals surface area contributed by atoms with Crippen molar-refractivity contribution in [1.29, 1.82) is 0 Å². The number of imide groups is 2. The average molecular weight is 605 g/mol. The lowest BCUT2D eigenvalue weighted by molar-refractivity contribution is -0.144. The zero-order chi connectivity index (χ0) is 29.9. The Bertz CT molecular complexity index is 1030. The number of amides is 4. The summed E-state index contributed by atoms with van der Waals surface area (Å²) in [7, 11) is 0. The smallest absolute Gasteiger partial charge is 0.256 e. The molecular formula is C31H48N4O4S2. The number of hydrogen-bond acceptors (Lipinski definition) is 6. The number of fused-ring (bicyclic) bond motifs is 1. The monoisotopic (exact) mass is 604 g/mol. The lowest BCUT2D eigenvalue weighted by Gasteiger charge is -2.29. The highest BCUT2D eigenvalue weighted by Gasteiger charge is 2.54. The van der Waals surface area contributed by atoms with E-state index in [4.69, 9.17) is 24.4 Å². The van der Waals surface area contributed by atoms with Gasteiger partial charge in [0.15, 0.2) is 0 Å². The molecule has 2 aliphatic heterocycles. The van der Waals surface area contributed by atoms with Crippen molar-refractivity contribution < 1.29 is 19.2 Å². The number of allylic oxidation sites excluding steroid dienone is 1. The van der Waals surface area contributed by atoms with Gasteiger partial charge < -0.3 is 0 Å². The molecule has 41 heavy (non-hydrogen) atoms. The number of hydrogen-bond donors (Lipinski definition) is 2. The quantitative estimate of drug-likeness (QED) is 0.0890. The summed E-state index contributed by atoms with van der Waals surface area (Å²) in [4.78, 5) is 53.6. The number of carbonyl (C=O) groups excluding carboxylic acids is 4. The third kappa shape index (κ3) is 8.89. The molecular weight excluding hydrogens is 556 g/mol. The van der Waals surface area contributed by atoms with Crippen molar-refractivity contribution in [1.82, 2.24) is 20.9 Å². The molecule has 0 aromatic carbocycles. The summed E-state index contributed by atoms with van der Waals surface area (Å²) in [6.07, 6.45) is 17.2. The van der Waals surface area contributed by atoms with E-state index in [1.54, 1.807) is 0 Å². The summed E-state index contributed by atoms with van der Waals surface area (Å²) < 4.78 is 0. The Hall–Kier alpha value is -2.20. The molecule has 0 bridgehead atoms. The van der Waals surface area contributed by atoms with Crippen LogP contribution in [0.5, 0.6) is 0 Å². The highest BCUT2D eigenvalue weighted by atomic mass is 32.1. The first-order valence-electron chi connectivity index (χ1n) is 15.7. The number of nitrogens with one attached hydrogen (secondary N) is 2. The van der Waals surface area contributed by atoms with Gasteiger partial charge in [0.05, 0.1) is 27.7 Å². The van der Waals surface area contributed by atoms with Crippen molar-refractivity contribution in [2.75, 3.05) is 0 Å². The van der Waals surface area contributed by atoms with Crippen molar-refractivity contribution in [3.63, 3.8) is 0 Å². The van der Waals surface area contributed by atoms with Crippen LogP contribution in [-0.4, -0.2) is 43.6 Å². The molecule has 228 valence electrons. The molecule has 3 rings (SSSR count). The maximum atomic E-state index is 13.3. The van der Waals surface area contributed by atoms with Crippen LogP contribution in [0, 0.1) is 23.7 Å². The minimum Gasteiger partial charge on any atom is -0.282 e. The van der Waals surface area contributed by atoms with Crippen LogP contribution < -0.4 is 10.9 Å². The molecule has 4 amide bonds. The van der Waals surface area contributed by atoms with Gasteiger partial charge in [-0.25, -0.2) is 0 Å². The zero-order valence-corrected chi connectivity index (χ0v) is 26.7. The number of carbonyl (C=O) groups is 4. The van der Waals surface area contributed by atoms with Crippen molar-refractivity contribution in [3.8, 4) is 0 Å². The fourth-order valence-electron chi connectivity index (χ4n) is 6.27. The van der Waals surface area contributed by atoms with Gasteiger partial charge in [-0.05, 0) is 44.9 Å². The number of unbranched alkanes of at least 4 members (excludes halogenated alkanes) is 10. The van der Waals surface area contributed by atoms with Gasteiger partial charge in [-0.1, -0.05) is 114 Å². The SMILES string of the molecule is CCCCCCCCC(=S)NN1C(=O)CC(C2C=C(C)C3C(=O)N(NC(=S)CCCCCCCC)C(=O)C3C2)C1=O. The molecule has 4 atom stereocenters. The first kappa shape index (κ1) is 33.3. The molecule has 2 fully saturated rings. The topological polar surface area (TPSA) is 98.8 Å². The van der Waals surface area contributed by atoms with Gasteiger partial charge in [0.2, 0.25) is 5.91 Å². The summed E-state index contributed by atoms with van der Waals surface area (Å²) >= 11 is 10.9. The maximum absolute atomic E-state index is 13.3. The summed E-state index contributed by atoms with van der Waals surface area (Å²) in [6, 6.07) is 0. The Morgan fingerprint density at radius 3 is 1.78 bits per heavy atom. The number of nitrogens with zero attached hydrogens (tertiary/aromatic N) is 2. The van der Waals surface area contributed by atoms with Crippen LogP contribution in [0.3, 0.4) is 0 Å². The van der Waals surface area contributed by atoms with E-state index in [9.17, 15) is 19.2 Å². The summed E-state index contributed by atoms with van der Waals surface area (Å²) in [5.74, 6) is -3.26. The van der Waals surface area contributed by atoms with Crippen LogP contribution >= 0.6 is 24.4 Å². The van der Waals surface area contributed by atoms with Crippen molar-refractivity contribution in [2.45, 2.75) is 124 Å². The Labute approximate surface area is 256 Å². The van der Waals surface area contributed by atoms with E-state index in [1.165, 1.54) is 38.5 Å². The van der Waals surface area contributed by atoms with Gasteiger partial charge in [-0.15, -0.1) is 0 Å². The van der Waals surface area contributed by atoms with E-state index < -0.39 is 17.8 Å². The molecule has 0 aromatic rings. The normalized spacial score (nSPS) is 24.1. The van der Waals surface area contributed by atoms with E-state index >= 15 is 0 Å². The summed E-state index contributed by atoms with van der Waals surface area (Å²) in [5.41, 5.74) is 6.54. The predicted octanol–water partition coefficient (Wildman–Crippen LogP) is 6.09. The van der Waals surface area contributed by atoms with Crippen LogP contribution in [-0.2, 0) is 19.2 Å². The van der Waals surface area contributed by atoms with Gasteiger partial charge >= 0.3 is 0 Å². The molecule has 2 saturated heterocycles. The van der Waals surface area contributed by atoms with Crippen molar-refractivity contribution in [3.05, 3.63) is 11.6 Å². The molecule has 2 heterocycles. The van der Waals surface area contributed by atoms with Gasteiger partial charge in [-0.2, -0.15) is 10.0 Å². The molecule has 0 spiro atoms. The summed E-state index contributed by atoms with van der Waals surface area (Å²) in [5, 5.41) is 2.15. The van der Waals surface area contributed by atoms with Gasteiger partial charge in [0.25, 0.3) is 17.7 Å². The minimum atomic E-state index is -0.582. The number of rotatable bonds is 17. The van der Waals surface area contributed by atoms with Gasteiger partial charge in [0.1, 0.15) is 0 Å². The second kappa shape index (κ2) is 16.4. The number of thiocarbonyl (C=S) groups is 2. The lowest BCUT2D eigenvalue weighted by Crippen LogP contribution is -2.46. The van der Waals surface area contributed by atoms with Crippen LogP contribution in [0.4, 0.5) is 0 Å². The Kier molecular flexibility index (Phi) is 13.4. The molecule has 0 saturated carbocycles. The van der Waals surface area contributed by atoms with Crippen molar-refractivity contribution >= 4 is 58.0 Å². The van der Waals surface area contributed by atoms with E-state index in [-0.39, 0.29) is 36.0 Å². The molecule has 0 aromatic heterocycles. The van der Waals surface area contributed by atoms with E-state index in [2.05, 4.69) is 24.7 Å². The molecule has 2 N–H and O–H groups in total. The maximum Gasteiger partial charge on any atom is 0.256 e. The standard InChI is InChI=1S/C31H48N4O4S2/c1-4-6-8-10-12-14-16-25(40)32-34-27(36)20-23(29(34)37)22-18-21(3)28-24(19-22)30(38)35(31(28)39)33-26(41)17-15-13-11-9-7-5-2/h18,22-24,28H,4-17,19-20H2,1-3H3,(H,32,40)(H,33,41). The molecule has 0 radical (unpaired) electrons. The molecule has 8 nitrogen and oxygen atoms in total. The molecule has 1 aliphatic carbocycles. The second-order valence-corrected chi connectivity index (χ2v) is 12.9. The third-order valence-electron chi connectivity index (χ3n) is 8.61. The summed E-state index contributed by atoms with van der Waals surface area (Å²) in [6.45, 7) is 6.20. The van der Waals surface area contributed by atoms with Crippen LogP contribution in [0.2, 0.25) is 0 Å².